The van der Waals surface area contributed by atoms with E-state index in [0.29, 0.717) is 39.0 Å². The molecule has 1 heterocycles. The Labute approximate surface area is 220 Å². The summed E-state index contributed by atoms with van der Waals surface area (Å²) in [5, 5.41) is 2.86. The number of benzene rings is 2. The van der Waals surface area contributed by atoms with Crippen LogP contribution >= 0.6 is 0 Å². The molecule has 200 valence electrons. The van der Waals surface area contributed by atoms with Crippen molar-refractivity contribution in [3.63, 3.8) is 0 Å². The van der Waals surface area contributed by atoms with Gasteiger partial charge in [0.25, 0.3) is 0 Å². The van der Waals surface area contributed by atoms with E-state index in [9.17, 15) is 14.4 Å². The highest BCUT2D eigenvalue weighted by Gasteiger charge is 2.28. The summed E-state index contributed by atoms with van der Waals surface area (Å²) < 4.78 is 10.8. The molecule has 1 aliphatic heterocycles. The Hall–Kier alpha value is -3.35. The second-order valence-electron chi connectivity index (χ2n) is 11.0. The molecular formula is C30H40N2O5. The maximum Gasteiger partial charge on any atom is 0.328 e. The Kier molecular flexibility index (Phi) is 10.1. The van der Waals surface area contributed by atoms with Gasteiger partial charge in [-0.25, -0.2) is 4.79 Å². The number of nitrogens with zero attached hydrogens (tertiary/aromatic N) is 1. The van der Waals surface area contributed by atoms with Crippen molar-refractivity contribution >= 4 is 17.8 Å². The van der Waals surface area contributed by atoms with Crippen LogP contribution in [0, 0.1) is 11.3 Å². The largest absolute Gasteiger partial charge is 0.489 e. The molecule has 37 heavy (non-hydrogen) atoms. The van der Waals surface area contributed by atoms with E-state index in [1.54, 1.807) is 0 Å². The van der Waals surface area contributed by atoms with Crippen LogP contribution < -0.4 is 10.1 Å². The van der Waals surface area contributed by atoms with Crippen LogP contribution in [-0.4, -0.2) is 48.9 Å². The Balaban J connectivity index is 1.47. The monoisotopic (exact) mass is 508 g/mol. The Morgan fingerprint density at radius 2 is 1.62 bits per heavy atom. The number of esters is 1. The van der Waals surface area contributed by atoms with Gasteiger partial charge in [0, 0.05) is 32.4 Å². The molecule has 2 aromatic rings. The van der Waals surface area contributed by atoms with Gasteiger partial charge in [0.1, 0.15) is 18.4 Å². The zero-order chi connectivity index (χ0) is 26.8. The smallest absolute Gasteiger partial charge is 0.328 e. The average Bonchev–Trinajstić information content (AvgIpc) is 2.87. The first-order valence-electron chi connectivity index (χ1n) is 13.0. The molecule has 0 aromatic heterocycles. The Morgan fingerprint density at radius 3 is 2.22 bits per heavy atom. The van der Waals surface area contributed by atoms with Crippen LogP contribution in [0.4, 0.5) is 0 Å². The molecule has 1 aliphatic rings. The van der Waals surface area contributed by atoms with Crippen molar-refractivity contribution in [2.45, 2.75) is 65.5 Å². The Bertz CT molecular complexity index is 1020. The molecule has 2 aromatic carbocycles. The molecule has 1 N–H and O–H groups in total. The third kappa shape index (κ3) is 9.56. The third-order valence-electron chi connectivity index (χ3n) is 6.56. The van der Waals surface area contributed by atoms with Crippen LogP contribution in [0.25, 0.3) is 0 Å². The second kappa shape index (κ2) is 13.3. The zero-order valence-corrected chi connectivity index (χ0v) is 22.5. The summed E-state index contributed by atoms with van der Waals surface area (Å²) in [5.74, 6) is 0.465. The molecule has 0 spiro atoms. The normalized spacial score (nSPS) is 15.1. The quantitative estimate of drug-likeness (QED) is 0.477. The minimum absolute atomic E-state index is 0.0355. The van der Waals surface area contributed by atoms with Gasteiger partial charge in [0.15, 0.2) is 0 Å². The van der Waals surface area contributed by atoms with E-state index in [2.05, 4.69) is 26.1 Å². The number of amides is 2. The lowest BCUT2D eigenvalue weighted by Gasteiger charge is -2.33. The average molecular weight is 509 g/mol. The molecule has 7 heteroatoms. The van der Waals surface area contributed by atoms with Crippen molar-refractivity contribution in [3.8, 4) is 5.75 Å². The molecule has 0 saturated carbocycles. The summed E-state index contributed by atoms with van der Waals surface area (Å²) in [6.45, 7) is 8.01. The molecule has 7 nitrogen and oxygen atoms in total. The van der Waals surface area contributed by atoms with Crippen LogP contribution in [0.1, 0.15) is 57.6 Å². The number of nitrogens with one attached hydrogen (secondary N) is 1. The molecule has 1 atom stereocenters. The van der Waals surface area contributed by atoms with Crippen LogP contribution in [-0.2, 0) is 32.1 Å². The number of hydrogen-bond acceptors (Lipinski definition) is 5. The van der Waals surface area contributed by atoms with Crippen LogP contribution in [0.15, 0.2) is 54.6 Å². The van der Waals surface area contributed by atoms with E-state index in [0.717, 1.165) is 29.7 Å². The van der Waals surface area contributed by atoms with Crippen molar-refractivity contribution in [1.29, 1.82) is 0 Å². The molecule has 1 fully saturated rings. The van der Waals surface area contributed by atoms with Gasteiger partial charge < -0.3 is 19.7 Å². The van der Waals surface area contributed by atoms with Crippen molar-refractivity contribution in [2.75, 3.05) is 20.2 Å². The summed E-state index contributed by atoms with van der Waals surface area (Å²) >= 11 is 0. The van der Waals surface area contributed by atoms with E-state index in [1.165, 1.54) is 7.11 Å². The van der Waals surface area contributed by atoms with Crippen LogP contribution in [0.5, 0.6) is 5.75 Å². The van der Waals surface area contributed by atoms with Crippen molar-refractivity contribution in [1.82, 2.24) is 10.2 Å². The summed E-state index contributed by atoms with van der Waals surface area (Å²) in [7, 11) is 1.33. The standard InChI is InChI=1S/C30H40N2O5/c1-30(2,3)20-28(34)32-16-14-23(15-17-32)19-27(33)31-26(29(35)36-4)18-22-10-12-25(13-11-22)37-21-24-8-6-5-7-9-24/h5-13,23,26H,14-21H2,1-4H3,(H,31,33)/t26-/m0/s1. The zero-order valence-electron chi connectivity index (χ0n) is 22.5. The van der Waals surface area contributed by atoms with Gasteiger partial charge in [-0.1, -0.05) is 63.2 Å². The fourth-order valence-electron chi connectivity index (χ4n) is 4.50. The van der Waals surface area contributed by atoms with Crippen molar-refractivity contribution < 1.29 is 23.9 Å². The summed E-state index contributed by atoms with van der Waals surface area (Å²) in [5.41, 5.74) is 1.95. The first-order chi connectivity index (χ1) is 17.6. The lowest BCUT2D eigenvalue weighted by molar-refractivity contribution is -0.145. The van der Waals surface area contributed by atoms with Crippen LogP contribution in [0.3, 0.4) is 0 Å². The molecule has 3 rings (SSSR count). The summed E-state index contributed by atoms with van der Waals surface area (Å²) in [4.78, 5) is 39.6. The fourth-order valence-corrected chi connectivity index (χ4v) is 4.50. The number of methoxy groups -OCH3 is 1. The molecular weight excluding hydrogens is 468 g/mol. The molecule has 0 radical (unpaired) electrons. The van der Waals surface area contributed by atoms with E-state index < -0.39 is 12.0 Å². The summed E-state index contributed by atoms with van der Waals surface area (Å²) in [6.07, 6.45) is 2.77. The van der Waals surface area contributed by atoms with Crippen molar-refractivity contribution in [2.24, 2.45) is 11.3 Å². The fraction of sp³-hybridized carbons (Fsp3) is 0.500. The third-order valence-corrected chi connectivity index (χ3v) is 6.56. The number of carbonyl (C=O) groups excluding carboxylic acids is 3. The highest BCUT2D eigenvalue weighted by molar-refractivity contribution is 5.84. The maximum atomic E-state index is 12.8. The van der Waals surface area contributed by atoms with E-state index in [-0.39, 0.29) is 23.1 Å². The maximum absolute atomic E-state index is 12.8. The van der Waals surface area contributed by atoms with Gasteiger partial charge in [-0.05, 0) is 47.4 Å². The molecule has 1 saturated heterocycles. The predicted octanol–water partition coefficient (Wildman–Crippen LogP) is 4.53. The first-order valence-corrected chi connectivity index (χ1v) is 13.0. The van der Waals surface area contributed by atoms with Gasteiger partial charge in [-0.3, -0.25) is 9.59 Å². The number of carbonyl (C=O) groups is 3. The highest BCUT2D eigenvalue weighted by atomic mass is 16.5. The molecule has 0 unspecified atom stereocenters. The van der Waals surface area contributed by atoms with Gasteiger partial charge in [-0.2, -0.15) is 0 Å². The van der Waals surface area contributed by atoms with Crippen LogP contribution in [0.2, 0.25) is 0 Å². The lowest BCUT2D eigenvalue weighted by atomic mass is 9.89. The second-order valence-corrected chi connectivity index (χ2v) is 11.0. The first kappa shape index (κ1) is 28.2. The minimum Gasteiger partial charge on any atom is -0.489 e. The summed E-state index contributed by atoms with van der Waals surface area (Å²) in [6, 6.07) is 16.7. The number of piperidine rings is 1. The molecule has 0 bridgehead atoms. The number of likely N-dealkylation sites (tertiary alicyclic amines) is 1. The minimum atomic E-state index is -0.762. The predicted molar refractivity (Wildman–Crippen MR) is 143 cm³/mol. The van der Waals surface area contributed by atoms with Crippen molar-refractivity contribution in [3.05, 3.63) is 65.7 Å². The van der Waals surface area contributed by atoms with Gasteiger partial charge >= 0.3 is 5.97 Å². The van der Waals surface area contributed by atoms with E-state index >= 15 is 0 Å². The highest BCUT2D eigenvalue weighted by Crippen LogP contribution is 2.25. The van der Waals surface area contributed by atoms with E-state index in [1.807, 2.05) is 59.5 Å². The molecule has 2 amide bonds. The SMILES string of the molecule is COC(=O)[C@H](Cc1ccc(OCc2ccccc2)cc1)NC(=O)CC1CCN(C(=O)CC(C)(C)C)CC1. The molecule has 0 aliphatic carbocycles. The van der Waals surface area contributed by atoms with Gasteiger partial charge in [0.05, 0.1) is 7.11 Å². The number of rotatable bonds is 10. The lowest BCUT2D eigenvalue weighted by Crippen LogP contribution is -2.45. The van der Waals surface area contributed by atoms with E-state index in [4.69, 9.17) is 9.47 Å². The number of ether oxygens (including phenoxy) is 2. The van der Waals surface area contributed by atoms with Gasteiger partial charge in [0.2, 0.25) is 11.8 Å². The van der Waals surface area contributed by atoms with Gasteiger partial charge in [-0.15, -0.1) is 0 Å². The Morgan fingerprint density at radius 1 is 0.973 bits per heavy atom. The topological polar surface area (TPSA) is 84.9 Å². The number of hydrogen-bond donors (Lipinski definition) is 1.